The monoisotopic (exact) mass is 354 g/mol. The molecule has 2 aromatic carbocycles. The van der Waals surface area contributed by atoms with Crippen LogP contribution in [0.2, 0.25) is 0 Å². The van der Waals surface area contributed by atoms with Gasteiger partial charge < -0.3 is 5.32 Å². The number of hydrogen-bond donors (Lipinski definition) is 2. The fourth-order valence-corrected chi connectivity index (χ4v) is 3.26. The Morgan fingerprint density at radius 3 is 2.30 bits per heavy atom. The van der Waals surface area contributed by atoms with E-state index in [0.29, 0.717) is 11.5 Å². The maximum atomic E-state index is 12.2. The van der Waals surface area contributed by atoms with Crippen LogP contribution in [0, 0.1) is 5.92 Å². The van der Waals surface area contributed by atoms with Gasteiger partial charge in [0.2, 0.25) is 5.91 Å². The summed E-state index contributed by atoms with van der Waals surface area (Å²) in [5.74, 6) is 0.713. The van der Waals surface area contributed by atoms with Crippen LogP contribution in [0.15, 0.2) is 66.7 Å². The zero-order chi connectivity index (χ0) is 18.2. The van der Waals surface area contributed by atoms with Crippen LogP contribution < -0.4 is 5.32 Å². The number of nitrogens with one attached hydrogen (secondary N) is 2. The molecule has 2 N–H and O–H groups in total. The molecule has 0 spiro atoms. The molecular formula is C22H18N4O. The summed E-state index contributed by atoms with van der Waals surface area (Å²) >= 11 is 0. The lowest BCUT2D eigenvalue weighted by atomic mass is 9.98. The number of anilines is 1. The molecule has 0 atom stereocenters. The van der Waals surface area contributed by atoms with Gasteiger partial charge in [0.1, 0.15) is 0 Å². The van der Waals surface area contributed by atoms with Crippen molar-refractivity contribution in [2.45, 2.75) is 12.8 Å². The van der Waals surface area contributed by atoms with Gasteiger partial charge in [-0.05, 0) is 24.5 Å². The van der Waals surface area contributed by atoms with E-state index in [1.807, 2.05) is 48.5 Å². The van der Waals surface area contributed by atoms with Crippen molar-refractivity contribution >= 4 is 22.8 Å². The molecule has 0 bridgehead atoms. The normalized spacial score (nSPS) is 13.6. The summed E-state index contributed by atoms with van der Waals surface area (Å²) in [5.41, 5.74) is 4.68. The molecule has 27 heavy (non-hydrogen) atoms. The van der Waals surface area contributed by atoms with Crippen molar-refractivity contribution in [1.29, 1.82) is 0 Å². The van der Waals surface area contributed by atoms with Crippen LogP contribution >= 0.6 is 0 Å². The highest BCUT2D eigenvalue weighted by Gasteiger charge is 2.30. The number of fused-ring (bicyclic) bond motifs is 1. The Kier molecular flexibility index (Phi) is 3.71. The van der Waals surface area contributed by atoms with E-state index in [1.165, 1.54) is 0 Å². The first-order chi connectivity index (χ1) is 13.3. The zero-order valence-electron chi connectivity index (χ0n) is 14.6. The van der Waals surface area contributed by atoms with Crippen LogP contribution in [-0.2, 0) is 4.79 Å². The summed E-state index contributed by atoms with van der Waals surface area (Å²) in [6.45, 7) is 0. The third-order valence-corrected chi connectivity index (χ3v) is 4.87. The van der Waals surface area contributed by atoms with Gasteiger partial charge in [-0.2, -0.15) is 5.10 Å². The Balaban J connectivity index is 1.68. The lowest BCUT2D eigenvalue weighted by molar-refractivity contribution is -0.117. The summed E-state index contributed by atoms with van der Waals surface area (Å²) < 4.78 is 0. The van der Waals surface area contributed by atoms with E-state index in [9.17, 15) is 4.79 Å². The van der Waals surface area contributed by atoms with Gasteiger partial charge in [-0.3, -0.25) is 9.89 Å². The Morgan fingerprint density at radius 1 is 0.963 bits per heavy atom. The second-order valence-electron chi connectivity index (χ2n) is 6.85. The molecule has 4 aromatic rings. The van der Waals surface area contributed by atoms with Crippen LogP contribution in [0.25, 0.3) is 33.4 Å². The zero-order valence-corrected chi connectivity index (χ0v) is 14.6. The number of aromatic nitrogens is 3. The highest BCUT2D eigenvalue weighted by Crippen LogP contribution is 2.35. The first-order valence-corrected chi connectivity index (χ1v) is 9.10. The average Bonchev–Trinajstić information content (AvgIpc) is 3.51. The molecule has 2 heterocycles. The highest BCUT2D eigenvalue weighted by atomic mass is 16.2. The molecule has 1 amide bonds. The maximum absolute atomic E-state index is 12.2. The summed E-state index contributed by atoms with van der Waals surface area (Å²) in [6, 6.07) is 22.3. The average molecular weight is 354 g/mol. The number of carbonyl (C=O) groups excluding carboxylic acids is 1. The minimum atomic E-state index is 0.0387. The van der Waals surface area contributed by atoms with E-state index in [-0.39, 0.29) is 11.8 Å². The van der Waals surface area contributed by atoms with Crippen molar-refractivity contribution in [2.75, 3.05) is 5.32 Å². The first kappa shape index (κ1) is 15.8. The molecule has 5 heteroatoms. The van der Waals surface area contributed by atoms with Crippen molar-refractivity contribution in [3.63, 3.8) is 0 Å². The second-order valence-corrected chi connectivity index (χ2v) is 6.85. The standard InChI is InChI=1S/C22H18N4O/c27-22(16-11-12-16)24-21-18-13-17(14-7-3-1-4-8-14)19(23-20(18)25-26-21)15-9-5-2-6-10-15/h1-10,13,16H,11-12H2,(H2,23,24,25,26,27). The minimum Gasteiger partial charge on any atom is -0.308 e. The number of benzene rings is 2. The smallest absolute Gasteiger partial charge is 0.228 e. The third-order valence-electron chi connectivity index (χ3n) is 4.87. The molecular weight excluding hydrogens is 336 g/mol. The molecule has 0 radical (unpaired) electrons. The Hall–Kier alpha value is -3.47. The summed E-state index contributed by atoms with van der Waals surface area (Å²) in [5, 5.41) is 11.0. The lowest BCUT2D eigenvalue weighted by Crippen LogP contribution is -2.13. The van der Waals surface area contributed by atoms with E-state index in [2.05, 4.69) is 33.7 Å². The number of aromatic amines is 1. The largest absolute Gasteiger partial charge is 0.308 e. The van der Waals surface area contributed by atoms with Gasteiger partial charge in [0.25, 0.3) is 0 Å². The van der Waals surface area contributed by atoms with Gasteiger partial charge in [0, 0.05) is 17.0 Å². The van der Waals surface area contributed by atoms with Crippen LogP contribution in [-0.4, -0.2) is 21.1 Å². The van der Waals surface area contributed by atoms with Crippen LogP contribution in [0.5, 0.6) is 0 Å². The molecule has 1 aliphatic carbocycles. The van der Waals surface area contributed by atoms with E-state index in [4.69, 9.17) is 4.98 Å². The van der Waals surface area contributed by atoms with Crippen molar-refractivity contribution in [3.8, 4) is 22.4 Å². The Labute approximate surface area is 156 Å². The van der Waals surface area contributed by atoms with Gasteiger partial charge in [-0.15, -0.1) is 0 Å². The predicted molar refractivity (Wildman–Crippen MR) is 106 cm³/mol. The third kappa shape index (κ3) is 2.97. The van der Waals surface area contributed by atoms with Crippen molar-refractivity contribution < 1.29 is 4.79 Å². The fraction of sp³-hybridized carbons (Fsp3) is 0.136. The Bertz CT molecular complexity index is 1120. The summed E-state index contributed by atoms with van der Waals surface area (Å²) in [6.07, 6.45) is 1.92. The SMILES string of the molecule is O=C(Nc1n[nH]c2nc(-c3ccccc3)c(-c3ccccc3)cc12)C1CC1. The number of rotatable bonds is 4. The van der Waals surface area contributed by atoms with Crippen LogP contribution in [0.4, 0.5) is 5.82 Å². The number of pyridine rings is 1. The molecule has 0 saturated heterocycles. The maximum Gasteiger partial charge on any atom is 0.228 e. The van der Waals surface area contributed by atoms with Gasteiger partial charge in [0.15, 0.2) is 11.5 Å². The van der Waals surface area contributed by atoms with E-state index in [0.717, 1.165) is 40.6 Å². The molecule has 5 nitrogen and oxygen atoms in total. The van der Waals surface area contributed by atoms with Crippen molar-refractivity contribution in [3.05, 3.63) is 66.7 Å². The predicted octanol–water partition coefficient (Wildman–Crippen LogP) is 4.64. The number of H-pyrrole nitrogens is 1. The van der Waals surface area contributed by atoms with Gasteiger partial charge in [-0.1, -0.05) is 60.7 Å². The molecule has 5 rings (SSSR count). The topological polar surface area (TPSA) is 70.7 Å². The number of hydrogen-bond acceptors (Lipinski definition) is 3. The summed E-state index contributed by atoms with van der Waals surface area (Å²) in [7, 11) is 0. The van der Waals surface area contributed by atoms with Gasteiger partial charge >= 0.3 is 0 Å². The lowest BCUT2D eigenvalue weighted by Gasteiger charge is -2.10. The highest BCUT2D eigenvalue weighted by molar-refractivity contribution is 6.02. The number of amides is 1. The van der Waals surface area contributed by atoms with E-state index in [1.54, 1.807) is 0 Å². The van der Waals surface area contributed by atoms with E-state index >= 15 is 0 Å². The molecule has 1 saturated carbocycles. The van der Waals surface area contributed by atoms with Crippen molar-refractivity contribution in [2.24, 2.45) is 5.92 Å². The molecule has 0 aliphatic heterocycles. The molecule has 2 aromatic heterocycles. The second kappa shape index (κ2) is 6.36. The quantitative estimate of drug-likeness (QED) is 0.561. The van der Waals surface area contributed by atoms with Gasteiger partial charge in [0.05, 0.1) is 11.1 Å². The van der Waals surface area contributed by atoms with Gasteiger partial charge in [-0.25, -0.2) is 4.98 Å². The van der Waals surface area contributed by atoms with E-state index < -0.39 is 0 Å². The molecule has 1 fully saturated rings. The molecule has 1 aliphatic rings. The minimum absolute atomic E-state index is 0.0387. The molecule has 0 unspecified atom stereocenters. The summed E-state index contributed by atoms with van der Waals surface area (Å²) in [4.78, 5) is 17.0. The molecule has 132 valence electrons. The Morgan fingerprint density at radius 2 is 1.63 bits per heavy atom. The fourth-order valence-electron chi connectivity index (χ4n) is 3.26. The first-order valence-electron chi connectivity index (χ1n) is 9.10. The van der Waals surface area contributed by atoms with Crippen molar-refractivity contribution in [1.82, 2.24) is 15.2 Å². The number of carbonyl (C=O) groups is 1. The van der Waals surface area contributed by atoms with Crippen LogP contribution in [0.3, 0.4) is 0 Å². The number of nitrogens with zero attached hydrogens (tertiary/aromatic N) is 2. The van der Waals surface area contributed by atoms with Crippen LogP contribution in [0.1, 0.15) is 12.8 Å².